The van der Waals surface area contributed by atoms with Gasteiger partial charge in [-0.2, -0.15) is 0 Å². The minimum atomic E-state index is -0.370. The molecule has 0 unspecified atom stereocenters. The molecule has 0 amide bonds. The van der Waals surface area contributed by atoms with Gasteiger partial charge in [-0.1, -0.05) is 30.3 Å². The highest BCUT2D eigenvalue weighted by molar-refractivity contribution is 6.01. The third kappa shape index (κ3) is 4.64. The maximum atomic E-state index is 11.4. The molecule has 0 N–H and O–H groups in total. The van der Waals surface area contributed by atoms with Crippen LogP contribution in [0.15, 0.2) is 35.9 Å². The van der Waals surface area contributed by atoms with Gasteiger partial charge in [0.15, 0.2) is 5.78 Å². The highest BCUT2D eigenvalue weighted by atomic mass is 16.5. The summed E-state index contributed by atoms with van der Waals surface area (Å²) in [5.41, 5.74) is 1.37. The number of carbonyl (C=O) groups is 2. The quantitative estimate of drug-likeness (QED) is 0.579. The average molecular weight is 232 g/mol. The number of ether oxygens (including phenoxy) is 1. The average Bonchev–Trinajstić information content (AvgIpc) is 2.29. The molecular weight excluding hydrogens is 216 g/mol. The Morgan fingerprint density at radius 2 is 1.88 bits per heavy atom. The molecule has 0 bridgehead atoms. The van der Waals surface area contributed by atoms with E-state index in [0.29, 0.717) is 12.2 Å². The van der Waals surface area contributed by atoms with Crippen molar-refractivity contribution in [1.29, 1.82) is 0 Å². The lowest BCUT2D eigenvalue weighted by Crippen LogP contribution is -2.08. The molecule has 0 atom stereocenters. The van der Waals surface area contributed by atoms with Crippen molar-refractivity contribution in [3.8, 4) is 0 Å². The lowest BCUT2D eigenvalue weighted by molar-refractivity contribution is -0.142. The van der Waals surface area contributed by atoms with Gasteiger partial charge in [0, 0.05) is 5.57 Å². The van der Waals surface area contributed by atoms with Crippen LogP contribution in [0.1, 0.15) is 25.8 Å². The predicted molar refractivity (Wildman–Crippen MR) is 66.4 cm³/mol. The third-order valence-corrected chi connectivity index (χ3v) is 2.23. The summed E-state index contributed by atoms with van der Waals surface area (Å²) in [6.07, 6.45) is 1.75. The van der Waals surface area contributed by atoms with E-state index in [1.54, 1.807) is 13.0 Å². The summed E-state index contributed by atoms with van der Waals surface area (Å²) in [6.45, 7) is 3.52. The van der Waals surface area contributed by atoms with Gasteiger partial charge in [0.2, 0.25) is 0 Å². The summed E-state index contributed by atoms with van der Waals surface area (Å²) >= 11 is 0. The Bertz CT molecular complexity index is 418. The lowest BCUT2D eigenvalue weighted by Gasteiger charge is -2.04. The fourth-order valence-electron chi connectivity index (χ4n) is 1.40. The first-order valence-electron chi connectivity index (χ1n) is 5.55. The highest BCUT2D eigenvalue weighted by Crippen LogP contribution is 2.11. The van der Waals surface area contributed by atoms with Crippen molar-refractivity contribution in [3.05, 3.63) is 41.5 Å². The van der Waals surface area contributed by atoms with E-state index in [9.17, 15) is 9.59 Å². The van der Waals surface area contributed by atoms with Crippen LogP contribution in [0.25, 0.3) is 6.08 Å². The predicted octanol–water partition coefficient (Wildman–Crippen LogP) is 2.61. The molecule has 0 saturated heterocycles. The number of Topliss-reactive ketones (excluding diaryl/α,β-unsaturated/α-hetero) is 1. The molecule has 0 saturated carbocycles. The van der Waals surface area contributed by atoms with Crippen molar-refractivity contribution in [2.75, 3.05) is 6.61 Å². The molecular formula is C14H16O3. The van der Waals surface area contributed by atoms with Crippen LogP contribution < -0.4 is 0 Å². The summed E-state index contributed by atoms with van der Waals surface area (Å²) in [5, 5.41) is 0. The second kappa shape index (κ2) is 6.63. The van der Waals surface area contributed by atoms with Gasteiger partial charge < -0.3 is 4.74 Å². The maximum absolute atomic E-state index is 11.4. The van der Waals surface area contributed by atoms with E-state index in [1.807, 2.05) is 30.3 Å². The van der Waals surface area contributed by atoms with Gasteiger partial charge in [-0.25, -0.2) is 0 Å². The molecule has 17 heavy (non-hydrogen) atoms. The smallest absolute Gasteiger partial charge is 0.310 e. The Balaban J connectivity index is 2.83. The van der Waals surface area contributed by atoms with Crippen LogP contribution in [0.2, 0.25) is 0 Å². The molecule has 0 aliphatic heterocycles. The number of benzene rings is 1. The molecule has 1 rings (SSSR count). The normalized spacial score (nSPS) is 11.1. The Hall–Kier alpha value is -1.90. The molecule has 0 spiro atoms. The second-order valence-electron chi connectivity index (χ2n) is 3.62. The lowest BCUT2D eigenvalue weighted by atomic mass is 10.1. The van der Waals surface area contributed by atoms with E-state index in [-0.39, 0.29) is 18.2 Å². The molecule has 0 fully saturated rings. The van der Waals surface area contributed by atoms with Crippen LogP contribution in [0, 0.1) is 0 Å². The zero-order valence-electron chi connectivity index (χ0n) is 10.1. The van der Waals surface area contributed by atoms with Gasteiger partial charge in [-0.05, 0) is 25.5 Å². The minimum absolute atomic E-state index is 0.0259. The number of hydrogen-bond donors (Lipinski definition) is 0. The summed E-state index contributed by atoms with van der Waals surface area (Å²) in [6, 6.07) is 9.43. The second-order valence-corrected chi connectivity index (χ2v) is 3.62. The van der Waals surface area contributed by atoms with Crippen LogP contribution in [0.5, 0.6) is 0 Å². The number of hydrogen-bond acceptors (Lipinski definition) is 3. The zero-order chi connectivity index (χ0) is 12.7. The maximum Gasteiger partial charge on any atom is 0.310 e. The Morgan fingerprint density at radius 3 is 2.41 bits per heavy atom. The van der Waals surface area contributed by atoms with E-state index in [1.165, 1.54) is 6.92 Å². The molecule has 0 aliphatic rings. The van der Waals surface area contributed by atoms with E-state index in [2.05, 4.69) is 0 Å². The van der Waals surface area contributed by atoms with Crippen molar-refractivity contribution in [2.24, 2.45) is 0 Å². The molecule has 0 aliphatic carbocycles. The molecule has 1 aromatic carbocycles. The molecule has 0 aromatic heterocycles. The first kappa shape index (κ1) is 13.2. The first-order chi connectivity index (χ1) is 8.13. The van der Waals surface area contributed by atoms with Crippen molar-refractivity contribution >= 4 is 17.8 Å². The molecule has 90 valence electrons. The minimum Gasteiger partial charge on any atom is -0.466 e. The fourth-order valence-corrected chi connectivity index (χ4v) is 1.40. The summed E-state index contributed by atoms with van der Waals surface area (Å²) in [4.78, 5) is 22.7. The van der Waals surface area contributed by atoms with Crippen LogP contribution in [-0.2, 0) is 14.3 Å². The first-order valence-corrected chi connectivity index (χ1v) is 5.55. The van der Waals surface area contributed by atoms with Crippen LogP contribution in [0.4, 0.5) is 0 Å². The van der Waals surface area contributed by atoms with Gasteiger partial charge in [0.1, 0.15) is 0 Å². The van der Waals surface area contributed by atoms with Gasteiger partial charge >= 0.3 is 5.97 Å². The molecule has 1 aromatic rings. The van der Waals surface area contributed by atoms with Crippen molar-refractivity contribution in [2.45, 2.75) is 20.3 Å². The summed E-state index contributed by atoms with van der Waals surface area (Å²) < 4.78 is 4.83. The Morgan fingerprint density at radius 1 is 1.24 bits per heavy atom. The van der Waals surface area contributed by atoms with E-state index < -0.39 is 0 Å². The Kier molecular flexibility index (Phi) is 5.14. The highest BCUT2D eigenvalue weighted by Gasteiger charge is 2.10. The number of ketones is 1. The standard InChI is InChI=1S/C14H16O3/c1-3-17-14(16)10-13(11(2)15)9-12-7-5-4-6-8-12/h4-9H,3,10H2,1-2H3. The van der Waals surface area contributed by atoms with E-state index in [0.717, 1.165) is 5.56 Å². The largest absolute Gasteiger partial charge is 0.466 e. The van der Waals surface area contributed by atoms with Crippen molar-refractivity contribution in [3.63, 3.8) is 0 Å². The molecule has 3 heteroatoms. The fraction of sp³-hybridized carbons (Fsp3) is 0.286. The monoisotopic (exact) mass is 232 g/mol. The summed E-state index contributed by atoms with van der Waals surface area (Å²) in [7, 11) is 0. The van der Waals surface area contributed by atoms with Gasteiger partial charge in [-0.15, -0.1) is 0 Å². The van der Waals surface area contributed by atoms with Crippen molar-refractivity contribution in [1.82, 2.24) is 0 Å². The SMILES string of the molecule is CCOC(=O)CC(=Cc1ccccc1)C(C)=O. The molecule has 3 nitrogen and oxygen atoms in total. The third-order valence-electron chi connectivity index (χ3n) is 2.23. The topological polar surface area (TPSA) is 43.4 Å². The van der Waals surface area contributed by atoms with Crippen LogP contribution in [0.3, 0.4) is 0 Å². The van der Waals surface area contributed by atoms with Crippen LogP contribution in [-0.4, -0.2) is 18.4 Å². The number of carbonyl (C=O) groups excluding carboxylic acids is 2. The van der Waals surface area contributed by atoms with Crippen molar-refractivity contribution < 1.29 is 14.3 Å². The Labute approximate surface area is 101 Å². The zero-order valence-corrected chi connectivity index (χ0v) is 10.1. The van der Waals surface area contributed by atoms with E-state index >= 15 is 0 Å². The van der Waals surface area contributed by atoms with Gasteiger partial charge in [0.25, 0.3) is 0 Å². The van der Waals surface area contributed by atoms with E-state index in [4.69, 9.17) is 4.74 Å². The van der Waals surface area contributed by atoms with Gasteiger partial charge in [0.05, 0.1) is 13.0 Å². The van der Waals surface area contributed by atoms with Crippen LogP contribution >= 0.6 is 0 Å². The van der Waals surface area contributed by atoms with Gasteiger partial charge in [-0.3, -0.25) is 9.59 Å². The number of esters is 1. The summed E-state index contributed by atoms with van der Waals surface area (Å²) in [5.74, 6) is -0.480. The number of rotatable bonds is 5. The molecule has 0 heterocycles. The molecule has 0 radical (unpaired) electrons.